The van der Waals surface area contributed by atoms with E-state index in [1.54, 1.807) is 0 Å². The second-order valence-corrected chi connectivity index (χ2v) is 5.93. The van der Waals surface area contributed by atoms with Gasteiger partial charge in [0, 0.05) is 16.9 Å². The van der Waals surface area contributed by atoms with Crippen LogP contribution in [0.25, 0.3) is 11.3 Å². The number of carboxylic acids is 1. The van der Waals surface area contributed by atoms with E-state index < -0.39 is 5.97 Å². The molecular weight excluding hydrogens is 288 g/mol. The maximum atomic E-state index is 11.6. The molecule has 0 radical (unpaired) electrons. The summed E-state index contributed by atoms with van der Waals surface area (Å²) in [4.78, 5) is 27.5. The van der Waals surface area contributed by atoms with Gasteiger partial charge in [0.25, 0.3) is 0 Å². The van der Waals surface area contributed by atoms with Crippen LogP contribution in [0.4, 0.5) is 5.13 Å². The zero-order valence-electron chi connectivity index (χ0n) is 11.8. The Balaban J connectivity index is 2.10. The lowest BCUT2D eigenvalue weighted by Gasteiger charge is -2.00. The number of benzene rings is 1. The van der Waals surface area contributed by atoms with E-state index in [4.69, 9.17) is 5.11 Å². The highest BCUT2D eigenvalue weighted by atomic mass is 32.1. The van der Waals surface area contributed by atoms with Gasteiger partial charge in [0.05, 0.1) is 12.1 Å². The fraction of sp³-hybridized carbons (Fsp3) is 0.267. The van der Waals surface area contributed by atoms with Crippen molar-refractivity contribution in [2.24, 2.45) is 0 Å². The first-order valence-electron chi connectivity index (χ1n) is 6.52. The number of nitrogens with one attached hydrogen (secondary N) is 1. The van der Waals surface area contributed by atoms with Crippen LogP contribution in [-0.2, 0) is 9.59 Å². The van der Waals surface area contributed by atoms with Crippen LogP contribution in [0.1, 0.15) is 23.3 Å². The summed E-state index contributed by atoms with van der Waals surface area (Å²) >= 11 is 1.39. The first kappa shape index (κ1) is 15.2. The minimum absolute atomic E-state index is 0.0478. The summed E-state index contributed by atoms with van der Waals surface area (Å²) in [7, 11) is 0. The number of aliphatic carboxylic acids is 1. The second-order valence-electron chi connectivity index (χ2n) is 4.73. The molecule has 1 heterocycles. The first-order chi connectivity index (χ1) is 9.95. The minimum atomic E-state index is -0.985. The monoisotopic (exact) mass is 304 g/mol. The Morgan fingerprint density at radius 3 is 2.48 bits per heavy atom. The topological polar surface area (TPSA) is 79.3 Å². The maximum absolute atomic E-state index is 11.6. The molecule has 0 aliphatic carbocycles. The highest BCUT2D eigenvalue weighted by Gasteiger charge is 2.12. The summed E-state index contributed by atoms with van der Waals surface area (Å²) in [5.41, 5.74) is 3.02. The van der Waals surface area contributed by atoms with Crippen molar-refractivity contribution in [3.8, 4) is 11.3 Å². The van der Waals surface area contributed by atoms with E-state index in [-0.39, 0.29) is 18.7 Å². The number of aryl methyl sites for hydroxylation is 2. The summed E-state index contributed by atoms with van der Waals surface area (Å²) in [6, 6.07) is 8.01. The zero-order chi connectivity index (χ0) is 15.4. The summed E-state index contributed by atoms with van der Waals surface area (Å²) in [5.74, 6) is -1.32. The molecule has 0 bridgehead atoms. The normalized spacial score (nSPS) is 10.4. The van der Waals surface area contributed by atoms with Crippen molar-refractivity contribution in [1.29, 1.82) is 0 Å². The molecule has 1 aromatic carbocycles. The number of amides is 1. The van der Waals surface area contributed by atoms with Crippen molar-refractivity contribution >= 4 is 28.3 Å². The Morgan fingerprint density at radius 2 is 1.86 bits per heavy atom. The third-order valence-electron chi connectivity index (χ3n) is 2.93. The van der Waals surface area contributed by atoms with Gasteiger partial charge >= 0.3 is 5.97 Å². The van der Waals surface area contributed by atoms with E-state index in [0.29, 0.717) is 5.13 Å². The summed E-state index contributed by atoms with van der Waals surface area (Å²) < 4.78 is 0. The van der Waals surface area contributed by atoms with Gasteiger partial charge in [-0.15, -0.1) is 11.3 Å². The van der Waals surface area contributed by atoms with Crippen molar-refractivity contribution < 1.29 is 14.7 Å². The average molecular weight is 304 g/mol. The van der Waals surface area contributed by atoms with Crippen LogP contribution in [0.3, 0.4) is 0 Å². The van der Waals surface area contributed by atoms with Gasteiger partial charge in [0.2, 0.25) is 5.91 Å². The third kappa shape index (κ3) is 4.13. The molecule has 0 aliphatic rings. The fourth-order valence-corrected chi connectivity index (χ4v) is 2.68. The SMILES string of the molecule is Cc1ccc(-c2nc(NC(=O)CCC(=O)O)sc2C)cc1. The second kappa shape index (κ2) is 6.49. The average Bonchev–Trinajstić information content (AvgIpc) is 2.78. The largest absolute Gasteiger partial charge is 0.481 e. The van der Waals surface area contributed by atoms with Crippen molar-refractivity contribution in [2.75, 3.05) is 5.32 Å². The van der Waals surface area contributed by atoms with E-state index in [1.165, 1.54) is 16.9 Å². The van der Waals surface area contributed by atoms with Crippen LogP contribution in [-0.4, -0.2) is 22.0 Å². The molecule has 6 heteroatoms. The fourth-order valence-electron chi connectivity index (χ4n) is 1.83. The lowest BCUT2D eigenvalue weighted by Crippen LogP contribution is -2.12. The van der Waals surface area contributed by atoms with Crippen LogP contribution in [0.5, 0.6) is 0 Å². The number of aromatic nitrogens is 1. The van der Waals surface area contributed by atoms with Crippen LogP contribution in [0.15, 0.2) is 24.3 Å². The van der Waals surface area contributed by atoms with Crippen molar-refractivity contribution in [2.45, 2.75) is 26.7 Å². The molecular formula is C15H16N2O3S. The number of rotatable bonds is 5. The van der Waals surface area contributed by atoms with Gasteiger partial charge in [-0.2, -0.15) is 0 Å². The van der Waals surface area contributed by atoms with E-state index >= 15 is 0 Å². The van der Waals surface area contributed by atoms with E-state index in [0.717, 1.165) is 16.1 Å². The lowest BCUT2D eigenvalue weighted by molar-refractivity contribution is -0.138. The summed E-state index contributed by atoms with van der Waals surface area (Å²) in [5, 5.41) is 11.7. The summed E-state index contributed by atoms with van der Waals surface area (Å²) in [6.45, 7) is 3.96. The van der Waals surface area contributed by atoms with Crippen molar-refractivity contribution in [1.82, 2.24) is 4.98 Å². The molecule has 0 aliphatic heterocycles. The van der Waals surface area contributed by atoms with Crippen molar-refractivity contribution in [3.05, 3.63) is 34.7 Å². The number of carbonyl (C=O) groups excluding carboxylic acids is 1. The molecule has 0 fully saturated rings. The molecule has 2 rings (SSSR count). The molecule has 2 aromatic rings. The number of thiazole rings is 1. The van der Waals surface area contributed by atoms with Crippen LogP contribution in [0, 0.1) is 13.8 Å². The van der Waals surface area contributed by atoms with Gasteiger partial charge in [-0.05, 0) is 13.8 Å². The van der Waals surface area contributed by atoms with Gasteiger partial charge in [-0.25, -0.2) is 4.98 Å². The number of carbonyl (C=O) groups is 2. The molecule has 1 amide bonds. The number of carboxylic acid groups (broad SMARTS) is 1. The van der Waals surface area contributed by atoms with Crippen LogP contribution < -0.4 is 5.32 Å². The van der Waals surface area contributed by atoms with Gasteiger partial charge < -0.3 is 10.4 Å². The Labute approximate surface area is 126 Å². The van der Waals surface area contributed by atoms with E-state index in [2.05, 4.69) is 10.3 Å². The zero-order valence-corrected chi connectivity index (χ0v) is 12.7. The highest BCUT2D eigenvalue weighted by Crippen LogP contribution is 2.30. The lowest BCUT2D eigenvalue weighted by atomic mass is 10.1. The number of anilines is 1. The van der Waals surface area contributed by atoms with Gasteiger partial charge in [0.15, 0.2) is 5.13 Å². The molecule has 21 heavy (non-hydrogen) atoms. The molecule has 0 saturated heterocycles. The number of nitrogens with zero attached hydrogens (tertiary/aromatic N) is 1. The molecule has 0 spiro atoms. The Bertz CT molecular complexity index is 662. The molecule has 2 N–H and O–H groups in total. The molecule has 1 aromatic heterocycles. The van der Waals surface area contributed by atoms with E-state index in [1.807, 2.05) is 38.1 Å². The maximum Gasteiger partial charge on any atom is 0.303 e. The predicted molar refractivity (Wildman–Crippen MR) is 82.5 cm³/mol. The smallest absolute Gasteiger partial charge is 0.303 e. The van der Waals surface area contributed by atoms with Gasteiger partial charge in [-0.3, -0.25) is 9.59 Å². The number of hydrogen-bond acceptors (Lipinski definition) is 4. The third-order valence-corrected chi connectivity index (χ3v) is 3.82. The van der Waals surface area contributed by atoms with Crippen molar-refractivity contribution in [3.63, 3.8) is 0 Å². The molecule has 5 nitrogen and oxygen atoms in total. The Kier molecular flexibility index (Phi) is 4.70. The molecule has 110 valence electrons. The summed E-state index contributed by atoms with van der Waals surface area (Å²) in [6.07, 6.45) is -0.227. The molecule has 0 saturated carbocycles. The molecule has 0 atom stereocenters. The Morgan fingerprint density at radius 1 is 1.19 bits per heavy atom. The van der Waals surface area contributed by atoms with Gasteiger partial charge in [0.1, 0.15) is 0 Å². The quantitative estimate of drug-likeness (QED) is 0.889. The first-order valence-corrected chi connectivity index (χ1v) is 7.33. The highest BCUT2D eigenvalue weighted by molar-refractivity contribution is 7.16. The minimum Gasteiger partial charge on any atom is -0.481 e. The van der Waals surface area contributed by atoms with Crippen LogP contribution in [0.2, 0.25) is 0 Å². The predicted octanol–water partition coefficient (Wildman–Crippen LogP) is 3.23. The van der Waals surface area contributed by atoms with Crippen LogP contribution >= 0.6 is 11.3 Å². The number of hydrogen-bond donors (Lipinski definition) is 2. The standard InChI is InChI=1S/C15H16N2O3S/c1-9-3-5-11(6-4-9)14-10(2)21-15(17-14)16-12(18)7-8-13(19)20/h3-6H,7-8H2,1-2H3,(H,19,20)(H,16,17,18). The van der Waals surface area contributed by atoms with Gasteiger partial charge in [-0.1, -0.05) is 29.8 Å². The molecule has 0 unspecified atom stereocenters. The Hall–Kier alpha value is -2.21. The van der Waals surface area contributed by atoms with E-state index in [9.17, 15) is 9.59 Å².